The Balaban J connectivity index is 1.40. The standard InChI is InChI=1S/C23H27N5O6/c1-14-19(30-2)20(31-3)21(32-4)23(33-14)34-26-11-15-5-7-16(8-6-15)22-25-13-28(27-22)18-10-9-17(29)12-24-18/h5-14,19-21,23,29H,1-4H3/t14-,19-,20+,21+,23-/m0/s1. The van der Waals surface area contributed by atoms with Crippen LogP contribution in [0.25, 0.3) is 17.2 Å². The highest BCUT2D eigenvalue weighted by Gasteiger charge is 2.46. The van der Waals surface area contributed by atoms with Crippen LogP contribution in [-0.2, 0) is 23.8 Å². The molecule has 0 saturated carbocycles. The molecule has 0 spiro atoms. The molecule has 4 rings (SSSR count). The van der Waals surface area contributed by atoms with E-state index in [1.165, 1.54) is 10.9 Å². The number of oxime groups is 1. The first-order valence-corrected chi connectivity index (χ1v) is 10.6. The quantitative estimate of drug-likeness (QED) is 0.391. The molecule has 1 fully saturated rings. The molecule has 3 heterocycles. The maximum atomic E-state index is 9.38. The molecule has 0 amide bonds. The van der Waals surface area contributed by atoms with Gasteiger partial charge in [-0.25, -0.2) is 14.6 Å². The van der Waals surface area contributed by atoms with Gasteiger partial charge in [-0.3, -0.25) is 0 Å². The van der Waals surface area contributed by atoms with Gasteiger partial charge in [0.1, 0.15) is 24.3 Å². The summed E-state index contributed by atoms with van der Waals surface area (Å²) in [5.74, 6) is 1.18. The van der Waals surface area contributed by atoms with Crippen molar-refractivity contribution in [1.82, 2.24) is 19.7 Å². The van der Waals surface area contributed by atoms with Crippen LogP contribution in [0.3, 0.4) is 0 Å². The molecule has 180 valence electrons. The number of pyridine rings is 1. The molecular formula is C23H27N5O6. The number of aromatic nitrogens is 4. The van der Waals surface area contributed by atoms with E-state index >= 15 is 0 Å². The molecule has 1 aromatic carbocycles. The molecule has 2 aromatic heterocycles. The largest absolute Gasteiger partial charge is 0.506 e. The predicted octanol–water partition coefficient (Wildman–Crippen LogP) is 2.18. The highest BCUT2D eigenvalue weighted by Crippen LogP contribution is 2.27. The smallest absolute Gasteiger partial charge is 0.256 e. The van der Waals surface area contributed by atoms with Gasteiger partial charge in [0.15, 0.2) is 17.7 Å². The summed E-state index contributed by atoms with van der Waals surface area (Å²) in [6.45, 7) is 1.89. The van der Waals surface area contributed by atoms with Gasteiger partial charge in [-0.05, 0) is 24.6 Å². The number of methoxy groups -OCH3 is 3. The topological polar surface area (TPSA) is 122 Å². The molecule has 0 unspecified atom stereocenters. The van der Waals surface area contributed by atoms with Gasteiger partial charge in [-0.1, -0.05) is 29.4 Å². The summed E-state index contributed by atoms with van der Waals surface area (Å²) in [7, 11) is 4.77. The van der Waals surface area contributed by atoms with Gasteiger partial charge >= 0.3 is 0 Å². The zero-order valence-electron chi connectivity index (χ0n) is 19.3. The van der Waals surface area contributed by atoms with Crippen molar-refractivity contribution in [2.75, 3.05) is 21.3 Å². The van der Waals surface area contributed by atoms with E-state index < -0.39 is 12.4 Å². The van der Waals surface area contributed by atoms with Gasteiger partial charge in [0.2, 0.25) is 0 Å². The van der Waals surface area contributed by atoms with Crippen LogP contribution in [-0.4, -0.2) is 83.1 Å². The van der Waals surface area contributed by atoms with E-state index in [4.69, 9.17) is 23.8 Å². The minimum atomic E-state index is -0.742. The third-order valence-corrected chi connectivity index (χ3v) is 5.54. The zero-order valence-corrected chi connectivity index (χ0v) is 19.3. The molecule has 3 aromatic rings. The number of hydrogen-bond donors (Lipinski definition) is 1. The second-order valence-electron chi connectivity index (χ2n) is 7.66. The second kappa shape index (κ2) is 10.7. The second-order valence-corrected chi connectivity index (χ2v) is 7.66. The van der Waals surface area contributed by atoms with Crippen molar-refractivity contribution in [3.8, 4) is 23.0 Å². The molecule has 1 saturated heterocycles. The molecule has 1 aliphatic heterocycles. The first-order chi connectivity index (χ1) is 16.5. The third kappa shape index (κ3) is 5.07. The van der Waals surface area contributed by atoms with E-state index in [0.29, 0.717) is 11.6 Å². The van der Waals surface area contributed by atoms with Gasteiger partial charge in [0.05, 0.1) is 18.5 Å². The van der Waals surface area contributed by atoms with Gasteiger partial charge in [-0.15, -0.1) is 5.10 Å². The average molecular weight is 469 g/mol. The first kappa shape index (κ1) is 23.8. The minimum absolute atomic E-state index is 0.0882. The van der Waals surface area contributed by atoms with E-state index in [1.54, 1.807) is 46.0 Å². The van der Waals surface area contributed by atoms with Crippen molar-refractivity contribution in [2.24, 2.45) is 5.16 Å². The Bertz CT molecular complexity index is 1090. The number of rotatable bonds is 8. The minimum Gasteiger partial charge on any atom is -0.506 e. The number of nitrogens with zero attached hydrogens (tertiary/aromatic N) is 5. The Labute approximate surface area is 196 Å². The van der Waals surface area contributed by atoms with Crippen LogP contribution in [0.4, 0.5) is 0 Å². The van der Waals surface area contributed by atoms with E-state index in [-0.39, 0.29) is 24.1 Å². The van der Waals surface area contributed by atoms with E-state index in [2.05, 4.69) is 20.2 Å². The molecule has 5 atom stereocenters. The maximum Gasteiger partial charge on any atom is 0.256 e. The van der Waals surface area contributed by atoms with Gasteiger partial charge in [-0.2, -0.15) is 0 Å². The van der Waals surface area contributed by atoms with Crippen molar-refractivity contribution < 1.29 is 28.9 Å². The highest BCUT2D eigenvalue weighted by atomic mass is 16.8. The lowest BCUT2D eigenvalue weighted by molar-refractivity contribution is -0.305. The van der Waals surface area contributed by atoms with Gasteiger partial charge in [0.25, 0.3) is 6.29 Å². The zero-order chi connectivity index (χ0) is 24.1. The molecule has 0 bridgehead atoms. The molecule has 0 radical (unpaired) electrons. The maximum absolute atomic E-state index is 9.38. The van der Waals surface area contributed by atoms with E-state index in [0.717, 1.165) is 11.1 Å². The molecule has 11 nitrogen and oxygen atoms in total. The highest BCUT2D eigenvalue weighted by molar-refractivity contribution is 5.80. The molecule has 1 N–H and O–H groups in total. The Kier molecular flexibility index (Phi) is 7.48. The summed E-state index contributed by atoms with van der Waals surface area (Å²) < 4.78 is 24.0. The molecular weight excluding hydrogens is 442 g/mol. The van der Waals surface area contributed by atoms with Gasteiger partial charge < -0.3 is 28.9 Å². The van der Waals surface area contributed by atoms with Crippen molar-refractivity contribution >= 4 is 6.21 Å². The number of benzene rings is 1. The summed E-state index contributed by atoms with van der Waals surface area (Å²) >= 11 is 0. The van der Waals surface area contributed by atoms with Crippen molar-refractivity contribution in [3.05, 3.63) is 54.5 Å². The lowest BCUT2D eigenvalue weighted by atomic mass is 9.99. The molecule has 1 aliphatic rings. The number of hydrogen-bond acceptors (Lipinski definition) is 10. The van der Waals surface area contributed by atoms with Crippen LogP contribution >= 0.6 is 0 Å². The first-order valence-electron chi connectivity index (χ1n) is 10.6. The summed E-state index contributed by atoms with van der Waals surface area (Å²) in [4.78, 5) is 14.0. The van der Waals surface area contributed by atoms with Crippen molar-refractivity contribution in [2.45, 2.75) is 37.6 Å². The summed E-state index contributed by atoms with van der Waals surface area (Å²) in [5, 5.41) is 17.9. The molecule has 34 heavy (non-hydrogen) atoms. The summed E-state index contributed by atoms with van der Waals surface area (Å²) in [5.41, 5.74) is 1.65. The number of ether oxygens (including phenoxy) is 4. The monoisotopic (exact) mass is 469 g/mol. The Morgan fingerprint density at radius 1 is 0.971 bits per heavy atom. The normalized spacial score (nSPS) is 25.0. The van der Waals surface area contributed by atoms with Crippen LogP contribution < -0.4 is 0 Å². The summed E-state index contributed by atoms with van der Waals surface area (Å²) in [6, 6.07) is 10.7. The Morgan fingerprint density at radius 3 is 2.35 bits per heavy atom. The molecule has 11 heteroatoms. The average Bonchev–Trinajstić information content (AvgIpc) is 3.35. The van der Waals surface area contributed by atoms with E-state index in [9.17, 15) is 5.11 Å². The Hall–Kier alpha value is -3.38. The number of aromatic hydroxyl groups is 1. The van der Waals surface area contributed by atoms with Crippen LogP contribution in [0.5, 0.6) is 5.75 Å². The fourth-order valence-corrected chi connectivity index (χ4v) is 3.79. The van der Waals surface area contributed by atoms with E-state index in [1.807, 2.05) is 31.2 Å². The predicted molar refractivity (Wildman–Crippen MR) is 122 cm³/mol. The fourth-order valence-electron chi connectivity index (χ4n) is 3.79. The van der Waals surface area contributed by atoms with Crippen LogP contribution in [0.15, 0.2) is 54.1 Å². The summed E-state index contributed by atoms with van der Waals surface area (Å²) in [6.07, 6.45) is 2.35. The fraction of sp³-hybridized carbons (Fsp3) is 0.391. The lowest BCUT2D eigenvalue weighted by Crippen LogP contribution is -2.59. The SMILES string of the molecule is CO[C@@H]1[C@@H](OC)[C@H](C)O[C@@H](ON=Cc2ccc(-c3ncn(-c4ccc(O)cn4)n3)cc2)[C@@H]1OC. The van der Waals surface area contributed by atoms with Gasteiger partial charge in [0, 0.05) is 26.9 Å². The Morgan fingerprint density at radius 2 is 1.71 bits per heavy atom. The third-order valence-electron chi connectivity index (χ3n) is 5.54. The molecule has 0 aliphatic carbocycles. The van der Waals surface area contributed by atoms with Crippen LogP contribution in [0.2, 0.25) is 0 Å². The lowest BCUT2D eigenvalue weighted by Gasteiger charge is -2.42. The van der Waals surface area contributed by atoms with Crippen molar-refractivity contribution in [3.63, 3.8) is 0 Å². The van der Waals surface area contributed by atoms with Crippen LogP contribution in [0, 0.1) is 0 Å². The van der Waals surface area contributed by atoms with Crippen LogP contribution in [0.1, 0.15) is 12.5 Å². The van der Waals surface area contributed by atoms with Crippen molar-refractivity contribution in [1.29, 1.82) is 0 Å².